The van der Waals surface area contributed by atoms with E-state index in [4.69, 9.17) is 10.5 Å². The highest BCUT2D eigenvalue weighted by atomic mass is 31.2. The average molecular weight is 487 g/mol. The van der Waals surface area contributed by atoms with Crippen molar-refractivity contribution in [3.63, 3.8) is 0 Å². The van der Waals surface area contributed by atoms with Crippen LogP contribution < -0.4 is 21.3 Å². The number of halogens is 3. The highest BCUT2D eigenvalue weighted by Gasteiger charge is 2.32. The molecule has 0 bridgehead atoms. The Morgan fingerprint density at radius 1 is 1.03 bits per heavy atom. The minimum absolute atomic E-state index is 0.0293. The number of hydrogen-bond donors (Lipinski definition) is 1. The maximum atomic E-state index is 13.7. The monoisotopic (exact) mass is 487 g/mol. The smallest absolute Gasteiger partial charge is 0.417 e. The number of ether oxygens (including phenoxy) is 1. The summed E-state index contributed by atoms with van der Waals surface area (Å²) < 4.78 is 59.1. The number of hydrogen-bond acceptors (Lipinski definition) is 5. The minimum atomic E-state index is -4.66. The van der Waals surface area contributed by atoms with Crippen molar-refractivity contribution in [2.45, 2.75) is 6.18 Å². The van der Waals surface area contributed by atoms with Crippen molar-refractivity contribution < 1.29 is 22.5 Å². The number of benzene rings is 2. The molecule has 6 nitrogen and oxygen atoms in total. The lowest BCUT2D eigenvalue weighted by molar-refractivity contribution is -0.137. The molecular weight excluding hydrogens is 466 g/mol. The molecule has 0 aliphatic heterocycles. The van der Waals surface area contributed by atoms with Crippen LogP contribution in [-0.2, 0) is 10.7 Å². The van der Waals surface area contributed by atoms with Crippen molar-refractivity contribution in [1.29, 1.82) is 0 Å². The summed E-state index contributed by atoms with van der Waals surface area (Å²) >= 11 is 0. The van der Waals surface area contributed by atoms with Crippen LogP contribution in [0.2, 0.25) is 0 Å². The fraction of sp³-hybridized carbons (Fsp3) is 0.167. The Kier molecular flexibility index (Phi) is 5.77. The van der Waals surface area contributed by atoms with Gasteiger partial charge in [-0.15, -0.1) is 0 Å². The zero-order chi connectivity index (χ0) is 24.8. The highest BCUT2D eigenvalue weighted by Crippen LogP contribution is 2.36. The van der Waals surface area contributed by atoms with Gasteiger partial charge in [0, 0.05) is 17.2 Å². The number of fused-ring (bicyclic) bond motifs is 1. The third kappa shape index (κ3) is 4.19. The molecule has 0 amide bonds. The van der Waals surface area contributed by atoms with Gasteiger partial charge in [-0.2, -0.15) is 13.2 Å². The van der Waals surface area contributed by atoms with Gasteiger partial charge in [-0.3, -0.25) is 14.3 Å². The number of rotatable bonds is 4. The molecular formula is C24H21F3N3O3P. The number of anilines is 1. The van der Waals surface area contributed by atoms with Gasteiger partial charge in [-0.25, -0.2) is 0 Å². The molecule has 34 heavy (non-hydrogen) atoms. The van der Waals surface area contributed by atoms with Crippen LogP contribution in [0.15, 0.2) is 65.6 Å². The first-order valence-electron chi connectivity index (χ1n) is 10.1. The van der Waals surface area contributed by atoms with Gasteiger partial charge in [0.25, 0.3) is 5.56 Å². The molecule has 0 saturated heterocycles. The van der Waals surface area contributed by atoms with E-state index in [1.165, 1.54) is 7.11 Å². The van der Waals surface area contributed by atoms with Crippen molar-refractivity contribution in [2.24, 2.45) is 0 Å². The standard InChI is InChI=1S/C24H21F3N3O3P/c1-33-17-8-4-14(5-9-17)20-21(28)22-19(12-15(13-29-22)24(25,26)27)30(23(20)31)16-6-10-18(11-7-16)34(2,3)32/h4-13H,28H2,1-3H3. The second kappa shape index (κ2) is 8.33. The molecule has 0 unspecified atom stereocenters. The molecule has 2 heterocycles. The number of aromatic nitrogens is 2. The van der Waals surface area contributed by atoms with Gasteiger partial charge in [0.2, 0.25) is 0 Å². The van der Waals surface area contributed by atoms with E-state index in [9.17, 15) is 22.5 Å². The predicted molar refractivity (Wildman–Crippen MR) is 128 cm³/mol. The van der Waals surface area contributed by atoms with E-state index in [0.717, 1.165) is 10.6 Å². The van der Waals surface area contributed by atoms with Crippen LogP contribution in [0.25, 0.3) is 27.8 Å². The van der Waals surface area contributed by atoms with E-state index >= 15 is 0 Å². The van der Waals surface area contributed by atoms with Crippen molar-refractivity contribution in [2.75, 3.05) is 26.2 Å². The number of nitrogens with two attached hydrogens (primary N) is 1. The maximum absolute atomic E-state index is 13.7. The summed E-state index contributed by atoms with van der Waals surface area (Å²) in [6, 6.07) is 13.7. The molecule has 0 saturated carbocycles. The highest BCUT2D eigenvalue weighted by molar-refractivity contribution is 7.70. The van der Waals surface area contributed by atoms with Gasteiger partial charge in [-0.1, -0.05) is 12.1 Å². The largest absolute Gasteiger partial charge is 0.497 e. The van der Waals surface area contributed by atoms with Gasteiger partial charge in [0.15, 0.2) is 0 Å². The Labute approximate surface area is 193 Å². The number of nitrogens with zero attached hydrogens (tertiary/aromatic N) is 2. The van der Waals surface area contributed by atoms with E-state index in [1.807, 2.05) is 0 Å². The SMILES string of the molecule is COc1ccc(-c2c(N)c3ncc(C(F)(F)F)cc3n(-c3ccc(P(C)(C)=O)cc3)c2=O)cc1. The lowest BCUT2D eigenvalue weighted by atomic mass is 10.0. The van der Waals surface area contributed by atoms with Gasteiger partial charge in [-0.05, 0) is 61.4 Å². The number of alkyl halides is 3. The second-order valence-corrected chi connectivity index (χ2v) is 11.3. The van der Waals surface area contributed by atoms with E-state index in [1.54, 1.807) is 61.9 Å². The molecule has 4 rings (SSSR count). The minimum Gasteiger partial charge on any atom is -0.497 e. The number of methoxy groups -OCH3 is 1. The Morgan fingerprint density at radius 3 is 2.18 bits per heavy atom. The van der Waals surface area contributed by atoms with Crippen LogP contribution in [-0.4, -0.2) is 30.0 Å². The third-order valence-electron chi connectivity index (χ3n) is 5.49. The topological polar surface area (TPSA) is 87.2 Å². The first-order chi connectivity index (χ1) is 15.9. The van der Waals surface area contributed by atoms with Gasteiger partial charge in [0.05, 0.1) is 29.4 Å². The van der Waals surface area contributed by atoms with E-state index in [0.29, 0.717) is 28.5 Å². The summed E-state index contributed by atoms with van der Waals surface area (Å²) in [5, 5.41) is 0.577. The molecule has 0 spiro atoms. The Bertz CT molecular complexity index is 1490. The summed E-state index contributed by atoms with van der Waals surface area (Å²) in [5.74, 6) is 0.565. The number of pyridine rings is 2. The Hall–Kier alpha value is -3.58. The van der Waals surface area contributed by atoms with Crippen molar-refractivity contribution >= 4 is 29.2 Å². The fourth-order valence-electron chi connectivity index (χ4n) is 3.69. The second-order valence-electron chi connectivity index (χ2n) is 8.11. The van der Waals surface area contributed by atoms with Crippen molar-refractivity contribution in [3.8, 4) is 22.6 Å². The predicted octanol–water partition coefficient (Wildman–Crippen LogP) is 4.91. The van der Waals surface area contributed by atoms with Crippen LogP contribution in [0.4, 0.5) is 18.9 Å². The summed E-state index contributed by atoms with van der Waals surface area (Å²) in [6.07, 6.45) is -3.97. The summed E-state index contributed by atoms with van der Waals surface area (Å²) in [7, 11) is -1.07. The van der Waals surface area contributed by atoms with Crippen LogP contribution in [0.3, 0.4) is 0 Å². The lowest BCUT2D eigenvalue weighted by Gasteiger charge is -2.18. The molecule has 2 N–H and O–H groups in total. The molecule has 0 atom stereocenters. The van der Waals surface area contributed by atoms with E-state index < -0.39 is 24.4 Å². The molecule has 0 fully saturated rings. The first-order valence-corrected chi connectivity index (χ1v) is 12.7. The Morgan fingerprint density at radius 2 is 1.65 bits per heavy atom. The van der Waals surface area contributed by atoms with E-state index in [2.05, 4.69) is 4.98 Å². The molecule has 0 aliphatic carbocycles. The fourth-order valence-corrected chi connectivity index (χ4v) is 4.56. The third-order valence-corrected chi connectivity index (χ3v) is 7.03. The van der Waals surface area contributed by atoms with Crippen molar-refractivity contribution in [1.82, 2.24) is 9.55 Å². The number of nitrogen functional groups attached to an aromatic ring is 1. The quantitative estimate of drug-likeness (QED) is 0.414. The summed E-state index contributed by atoms with van der Waals surface area (Å²) in [5.41, 5.74) is 5.46. The molecule has 4 aromatic rings. The van der Waals surface area contributed by atoms with Gasteiger partial charge >= 0.3 is 6.18 Å². The lowest BCUT2D eigenvalue weighted by Crippen LogP contribution is -2.23. The van der Waals surface area contributed by atoms with E-state index in [-0.39, 0.29) is 22.3 Å². The zero-order valence-corrected chi connectivity index (χ0v) is 19.4. The summed E-state index contributed by atoms with van der Waals surface area (Å²) in [4.78, 5) is 17.7. The molecule has 0 radical (unpaired) electrons. The van der Waals surface area contributed by atoms with Crippen LogP contribution in [0.5, 0.6) is 5.75 Å². The summed E-state index contributed by atoms with van der Waals surface area (Å²) in [6.45, 7) is 3.21. The van der Waals surface area contributed by atoms with Crippen LogP contribution in [0.1, 0.15) is 5.56 Å². The molecule has 0 aliphatic rings. The van der Waals surface area contributed by atoms with Crippen LogP contribution >= 0.6 is 7.14 Å². The zero-order valence-electron chi connectivity index (χ0n) is 18.6. The average Bonchev–Trinajstić information content (AvgIpc) is 2.78. The van der Waals surface area contributed by atoms with Crippen LogP contribution in [0, 0.1) is 0 Å². The molecule has 176 valence electrons. The first kappa shape index (κ1) is 23.6. The normalized spacial score (nSPS) is 12.2. The van der Waals surface area contributed by atoms with Gasteiger partial charge < -0.3 is 15.0 Å². The molecule has 10 heteroatoms. The van der Waals surface area contributed by atoms with Crippen molar-refractivity contribution in [3.05, 3.63) is 76.7 Å². The van der Waals surface area contributed by atoms with Gasteiger partial charge in [0.1, 0.15) is 18.4 Å². The molecule has 2 aromatic heterocycles. The maximum Gasteiger partial charge on any atom is 0.417 e. The molecule has 2 aromatic carbocycles. The Balaban J connectivity index is 2.08.